The predicted octanol–water partition coefficient (Wildman–Crippen LogP) is 5.97. The first-order valence-electron chi connectivity index (χ1n) is 11.6. The number of nitrogens with one attached hydrogen (secondary N) is 1. The molecule has 2 aromatic rings. The van der Waals surface area contributed by atoms with Gasteiger partial charge in [-0.05, 0) is 54.7 Å². The molecule has 0 radical (unpaired) electrons. The highest BCUT2D eigenvalue weighted by Crippen LogP contribution is 2.21. The number of carbonyl (C=O) groups is 2. The number of benzene rings is 2. The van der Waals surface area contributed by atoms with E-state index >= 15 is 0 Å². The van der Waals surface area contributed by atoms with Crippen molar-refractivity contribution < 1.29 is 14.0 Å². The van der Waals surface area contributed by atoms with Crippen LogP contribution in [0, 0.1) is 5.82 Å². The van der Waals surface area contributed by atoms with Gasteiger partial charge in [-0.2, -0.15) is 0 Å². The van der Waals surface area contributed by atoms with E-state index in [0.717, 1.165) is 36.8 Å². The summed E-state index contributed by atoms with van der Waals surface area (Å²) in [4.78, 5) is 28.1. The van der Waals surface area contributed by atoms with Crippen LogP contribution in [0.2, 0.25) is 5.02 Å². The molecule has 2 aromatic carbocycles. The summed E-state index contributed by atoms with van der Waals surface area (Å²) in [5, 5.41) is 3.86. The molecule has 1 fully saturated rings. The molecule has 0 heterocycles. The molecule has 1 aliphatic carbocycles. The Hall–Kier alpha value is -2.05. The summed E-state index contributed by atoms with van der Waals surface area (Å²) in [6.45, 7) is 2.20. The van der Waals surface area contributed by atoms with Gasteiger partial charge in [0.25, 0.3) is 0 Å². The summed E-state index contributed by atoms with van der Waals surface area (Å²) in [5.74, 6) is 0.429. The number of hydrogen-bond donors (Lipinski definition) is 1. The van der Waals surface area contributed by atoms with Gasteiger partial charge in [-0.25, -0.2) is 4.39 Å². The quantitative estimate of drug-likeness (QED) is 0.446. The molecule has 0 aliphatic heterocycles. The lowest BCUT2D eigenvalue weighted by molar-refractivity contribution is -0.139. The number of amides is 2. The molecule has 2 amide bonds. The van der Waals surface area contributed by atoms with Gasteiger partial charge in [0, 0.05) is 23.4 Å². The van der Waals surface area contributed by atoms with Gasteiger partial charge < -0.3 is 10.2 Å². The molecule has 178 valence electrons. The van der Waals surface area contributed by atoms with Gasteiger partial charge in [-0.1, -0.05) is 62.1 Å². The van der Waals surface area contributed by atoms with Crippen molar-refractivity contribution in [2.24, 2.45) is 0 Å². The van der Waals surface area contributed by atoms with E-state index in [2.05, 4.69) is 5.32 Å². The summed E-state index contributed by atoms with van der Waals surface area (Å²) in [5.41, 5.74) is 1.89. The van der Waals surface area contributed by atoms with Crippen molar-refractivity contribution in [2.75, 3.05) is 5.75 Å². The highest BCUT2D eigenvalue weighted by atomic mass is 35.5. The first kappa shape index (κ1) is 25.6. The molecule has 4 nitrogen and oxygen atoms in total. The Kier molecular flexibility index (Phi) is 10.1. The Bertz CT molecular complexity index is 902. The SMILES string of the molecule is CC[C@H](C(=O)NC1CCCCC1)N(Cc1ccc(F)cc1)C(=O)CSCc1ccc(Cl)cc1. The topological polar surface area (TPSA) is 49.4 Å². The molecule has 0 bridgehead atoms. The van der Waals surface area contributed by atoms with E-state index in [0.29, 0.717) is 17.2 Å². The van der Waals surface area contributed by atoms with Crippen LogP contribution in [0.4, 0.5) is 4.39 Å². The van der Waals surface area contributed by atoms with E-state index in [1.165, 1.54) is 30.3 Å². The monoisotopic (exact) mass is 490 g/mol. The number of thioether (sulfide) groups is 1. The van der Waals surface area contributed by atoms with E-state index < -0.39 is 6.04 Å². The molecule has 1 saturated carbocycles. The zero-order chi connectivity index (χ0) is 23.6. The molecular formula is C26H32ClFN2O2S. The molecule has 3 rings (SSSR count). The molecular weight excluding hydrogens is 459 g/mol. The van der Waals surface area contributed by atoms with E-state index in [-0.39, 0.29) is 36.0 Å². The second-order valence-corrected chi connectivity index (χ2v) is 9.96. The number of halogens is 2. The van der Waals surface area contributed by atoms with Gasteiger partial charge in [-0.3, -0.25) is 9.59 Å². The van der Waals surface area contributed by atoms with Crippen LogP contribution in [-0.2, 0) is 21.9 Å². The fourth-order valence-corrected chi connectivity index (χ4v) is 5.17. The van der Waals surface area contributed by atoms with Gasteiger partial charge in [0.15, 0.2) is 0 Å². The second kappa shape index (κ2) is 13.0. The summed E-state index contributed by atoms with van der Waals surface area (Å²) >= 11 is 7.46. The first-order valence-corrected chi connectivity index (χ1v) is 13.2. The lowest BCUT2D eigenvalue weighted by atomic mass is 9.95. The fourth-order valence-electron chi connectivity index (χ4n) is 4.17. The number of nitrogens with zero attached hydrogens (tertiary/aromatic N) is 1. The predicted molar refractivity (Wildman–Crippen MR) is 134 cm³/mol. The van der Waals surface area contributed by atoms with Crippen LogP contribution in [0.3, 0.4) is 0 Å². The van der Waals surface area contributed by atoms with Crippen LogP contribution in [0.1, 0.15) is 56.6 Å². The van der Waals surface area contributed by atoms with E-state index in [9.17, 15) is 14.0 Å². The minimum atomic E-state index is -0.555. The number of rotatable bonds is 10. The Morgan fingerprint density at radius 1 is 1.06 bits per heavy atom. The lowest BCUT2D eigenvalue weighted by Crippen LogP contribution is -2.52. The van der Waals surface area contributed by atoms with Crippen molar-refractivity contribution in [1.29, 1.82) is 0 Å². The van der Waals surface area contributed by atoms with Crippen molar-refractivity contribution in [3.8, 4) is 0 Å². The highest BCUT2D eigenvalue weighted by Gasteiger charge is 2.30. The van der Waals surface area contributed by atoms with Crippen molar-refractivity contribution >= 4 is 35.2 Å². The summed E-state index contributed by atoms with van der Waals surface area (Å²) in [7, 11) is 0. The first-order chi connectivity index (χ1) is 16.0. The average molecular weight is 491 g/mol. The van der Waals surface area contributed by atoms with Gasteiger partial charge in [0.2, 0.25) is 11.8 Å². The Balaban J connectivity index is 1.68. The molecule has 1 N–H and O–H groups in total. The van der Waals surface area contributed by atoms with Crippen LogP contribution in [0.25, 0.3) is 0 Å². The van der Waals surface area contributed by atoms with Crippen LogP contribution in [0.15, 0.2) is 48.5 Å². The zero-order valence-corrected chi connectivity index (χ0v) is 20.6. The molecule has 0 aromatic heterocycles. The highest BCUT2D eigenvalue weighted by molar-refractivity contribution is 7.99. The van der Waals surface area contributed by atoms with Crippen molar-refractivity contribution in [3.63, 3.8) is 0 Å². The third-order valence-electron chi connectivity index (χ3n) is 6.01. The summed E-state index contributed by atoms with van der Waals surface area (Å²) in [6, 6.07) is 13.3. The molecule has 0 unspecified atom stereocenters. The third-order valence-corrected chi connectivity index (χ3v) is 7.25. The van der Waals surface area contributed by atoms with Gasteiger partial charge in [0.1, 0.15) is 11.9 Å². The average Bonchev–Trinajstić information content (AvgIpc) is 2.82. The number of carbonyl (C=O) groups excluding carboxylic acids is 2. The van der Waals surface area contributed by atoms with Crippen LogP contribution < -0.4 is 5.32 Å². The van der Waals surface area contributed by atoms with Gasteiger partial charge in [-0.15, -0.1) is 11.8 Å². The Morgan fingerprint density at radius 2 is 1.70 bits per heavy atom. The smallest absolute Gasteiger partial charge is 0.243 e. The van der Waals surface area contributed by atoms with Gasteiger partial charge >= 0.3 is 0 Å². The minimum Gasteiger partial charge on any atom is -0.352 e. The van der Waals surface area contributed by atoms with Crippen LogP contribution >= 0.6 is 23.4 Å². The molecule has 7 heteroatoms. The lowest BCUT2D eigenvalue weighted by Gasteiger charge is -2.32. The fraction of sp³-hybridized carbons (Fsp3) is 0.462. The second-order valence-electron chi connectivity index (χ2n) is 8.53. The van der Waals surface area contributed by atoms with E-state index in [4.69, 9.17) is 11.6 Å². The van der Waals surface area contributed by atoms with Crippen molar-refractivity contribution in [1.82, 2.24) is 10.2 Å². The van der Waals surface area contributed by atoms with Crippen LogP contribution in [-0.4, -0.2) is 34.6 Å². The maximum atomic E-state index is 13.4. The standard InChI is InChI=1S/C26H32ClFN2O2S/c1-2-24(26(32)29-23-6-4-3-5-7-23)30(16-19-10-14-22(28)15-11-19)25(31)18-33-17-20-8-12-21(27)13-9-20/h8-15,23-24H,2-7,16-18H2,1H3,(H,29,32)/t24-/m1/s1. The summed E-state index contributed by atoms with van der Waals surface area (Å²) in [6.07, 6.45) is 5.97. The Morgan fingerprint density at radius 3 is 2.33 bits per heavy atom. The largest absolute Gasteiger partial charge is 0.352 e. The molecule has 1 atom stereocenters. The minimum absolute atomic E-state index is 0.0936. The number of hydrogen-bond acceptors (Lipinski definition) is 3. The normalized spacial score (nSPS) is 15.1. The molecule has 1 aliphatic rings. The molecule has 0 spiro atoms. The zero-order valence-electron chi connectivity index (χ0n) is 19.1. The van der Waals surface area contributed by atoms with Crippen molar-refractivity contribution in [3.05, 3.63) is 70.5 Å². The van der Waals surface area contributed by atoms with E-state index in [1.807, 2.05) is 31.2 Å². The summed E-state index contributed by atoms with van der Waals surface area (Å²) < 4.78 is 13.4. The van der Waals surface area contributed by atoms with E-state index in [1.54, 1.807) is 17.0 Å². The molecule has 0 saturated heterocycles. The maximum absolute atomic E-state index is 13.4. The third kappa shape index (κ3) is 8.04. The van der Waals surface area contributed by atoms with Gasteiger partial charge in [0.05, 0.1) is 5.75 Å². The molecule has 33 heavy (non-hydrogen) atoms. The van der Waals surface area contributed by atoms with Crippen LogP contribution in [0.5, 0.6) is 0 Å². The Labute approximate surface area is 205 Å². The maximum Gasteiger partial charge on any atom is 0.243 e. The van der Waals surface area contributed by atoms with Crippen molar-refractivity contribution in [2.45, 2.75) is 69.8 Å².